The molecule has 0 aromatic heterocycles. The Morgan fingerprint density at radius 3 is 1.33 bits per heavy atom. The SMILES string of the molecule is COS(=O)(=O)OC.N=O. The van der Waals surface area contributed by atoms with E-state index in [2.05, 4.69) is 14.0 Å². The molecule has 9 heavy (non-hydrogen) atoms. The van der Waals surface area contributed by atoms with Crippen molar-refractivity contribution < 1.29 is 16.8 Å². The van der Waals surface area contributed by atoms with Crippen molar-refractivity contribution in [3.05, 3.63) is 4.91 Å². The summed E-state index contributed by atoms with van der Waals surface area (Å²) in [5.74, 6) is 0. The third-order valence-corrected chi connectivity index (χ3v) is 1.22. The molecule has 0 heterocycles. The lowest BCUT2D eigenvalue weighted by atomic mass is 11.8. The Hall–Kier alpha value is -0.530. The van der Waals surface area contributed by atoms with Gasteiger partial charge < -0.3 is 0 Å². The highest BCUT2D eigenvalue weighted by molar-refractivity contribution is 7.81. The zero-order chi connectivity index (χ0) is 7.91. The van der Waals surface area contributed by atoms with Gasteiger partial charge in [0.1, 0.15) is 0 Å². The van der Waals surface area contributed by atoms with Crippen LogP contribution >= 0.6 is 0 Å². The van der Waals surface area contributed by atoms with Gasteiger partial charge in [-0.1, -0.05) is 5.59 Å². The summed E-state index contributed by atoms with van der Waals surface area (Å²) < 4.78 is 27.5. The molecule has 0 spiro atoms. The molecule has 0 bridgehead atoms. The molecule has 6 nitrogen and oxygen atoms in total. The Labute approximate surface area is 52.9 Å². The maximum absolute atomic E-state index is 9.92. The van der Waals surface area contributed by atoms with Gasteiger partial charge in [0.15, 0.2) is 0 Å². The number of nitroso groups, excluding NO2 is 1. The van der Waals surface area contributed by atoms with Crippen LogP contribution in [0.25, 0.3) is 0 Å². The quantitative estimate of drug-likeness (QED) is 0.563. The molecule has 0 radical (unpaired) electrons. The van der Waals surface area contributed by atoms with Gasteiger partial charge in [0.05, 0.1) is 14.2 Å². The van der Waals surface area contributed by atoms with Crippen molar-refractivity contribution in [1.82, 2.24) is 0 Å². The van der Waals surface area contributed by atoms with Crippen LogP contribution in [-0.4, -0.2) is 22.6 Å². The predicted molar refractivity (Wildman–Crippen MR) is 29.0 cm³/mol. The molecule has 0 saturated carbocycles. The molecule has 0 rings (SSSR count). The molecule has 0 saturated heterocycles. The van der Waals surface area contributed by atoms with Gasteiger partial charge in [0.25, 0.3) is 0 Å². The monoisotopic (exact) mass is 157 g/mol. The van der Waals surface area contributed by atoms with Crippen LogP contribution in [0, 0.1) is 10.5 Å². The third-order valence-electron chi connectivity index (χ3n) is 0.408. The van der Waals surface area contributed by atoms with Crippen molar-refractivity contribution >= 4 is 10.4 Å². The summed E-state index contributed by atoms with van der Waals surface area (Å²) in [5, 5.41) is 0. The number of rotatable bonds is 2. The molecular weight excluding hydrogens is 150 g/mol. The zero-order valence-corrected chi connectivity index (χ0v) is 5.77. The van der Waals surface area contributed by atoms with Crippen molar-refractivity contribution in [2.24, 2.45) is 0 Å². The molecular formula is C2H7NO5S. The van der Waals surface area contributed by atoms with E-state index in [1.165, 1.54) is 0 Å². The number of hydrogen-bond acceptors (Lipinski definition) is 6. The predicted octanol–water partition coefficient (Wildman–Crippen LogP) is -0.144. The van der Waals surface area contributed by atoms with Crippen molar-refractivity contribution in [2.45, 2.75) is 0 Å². The van der Waals surface area contributed by atoms with E-state index in [4.69, 9.17) is 4.91 Å². The fraction of sp³-hybridized carbons (Fsp3) is 1.00. The average Bonchev–Trinajstić information content (AvgIpc) is 1.93. The fourth-order valence-corrected chi connectivity index (χ4v) is 0.204. The first-order valence-corrected chi connectivity index (χ1v) is 3.02. The molecule has 0 aromatic rings. The lowest BCUT2D eigenvalue weighted by molar-refractivity contribution is 0.286. The first-order chi connectivity index (χ1) is 4.12. The minimum Gasteiger partial charge on any atom is -0.252 e. The van der Waals surface area contributed by atoms with E-state index < -0.39 is 10.4 Å². The molecule has 0 aliphatic carbocycles. The summed E-state index contributed by atoms with van der Waals surface area (Å²) >= 11 is 0. The van der Waals surface area contributed by atoms with Gasteiger partial charge in [0, 0.05) is 0 Å². The van der Waals surface area contributed by atoms with E-state index in [0.717, 1.165) is 14.2 Å². The van der Waals surface area contributed by atoms with Crippen LogP contribution in [0.5, 0.6) is 0 Å². The standard InChI is InChI=1S/C2H6O4S.HNO/c1-5-7(3,4)6-2;1-2/h1-2H3;1H. The Kier molecular flexibility index (Phi) is 7.03. The molecule has 56 valence electrons. The van der Waals surface area contributed by atoms with Gasteiger partial charge in [0.2, 0.25) is 0 Å². The van der Waals surface area contributed by atoms with Crippen LogP contribution in [-0.2, 0) is 18.8 Å². The number of nitrogens with one attached hydrogen (secondary N) is 1. The Morgan fingerprint density at radius 1 is 1.11 bits per heavy atom. The second-order valence-corrected chi connectivity index (χ2v) is 2.22. The van der Waals surface area contributed by atoms with Gasteiger partial charge in [-0.05, 0) is 0 Å². The van der Waals surface area contributed by atoms with Crippen molar-refractivity contribution in [3.8, 4) is 0 Å². The Balaban J connectivity index is 0. The molecule has 7 heteroatoms. The lowest BCUT2D eigenvalue weighted by Crippen LogP contribution is -2.02. The van der Waals surface area contributed by atoms with Crippen LogP contribution in [0.2, 0.25) is 0 Å². The van der Waals surface area contributed by atoms with Crippen molar-refractivity contribution in [1.29, 1.82) is 5.59 Å². The van der Waals surface area contributed by atoms with Crippen LogP contribution in [0.1, 0.15) is 0 Å². The van der Waals surface area contributed by atoms with E-state index in [-0.39, 0.29) is 0 Å². The summed E-state index contributed by atoms with van der Waals surface area (Å²) in [7, 11) is -1.60. The average molecular weight is 157 g/mol. The molecule has 0 aromatic carbocycles. The second kappa shape index (κ2) is 5.60. The molecule has 0 aliphatic rings. The van der Waals surface area contributed by atoms with Crippen molar-refractivity contribution in [3.63, 3.8) is 0 Å². The molecule has 0 aliphatic heterocycles. The molecule has 1 N–H and O–H groups in total. The maximum atomic E-state index is 9.92. The van der Waals surface area contributed by atoms with Gasteiger partial charge >= 0.3 is 10.4 Å². The molecule has 0 fully saturated rings. The molecule has 0 atom stereocenters. The van der Waals surface area contributed by atoms with Crippen LogP contribution in [0.15, 0.2) is 0 Å². The summed E-state index contributed by atoms with van der Waals surface area (Å²) in [6, 6.07) is 0. The second-order valence-electron chi connectivity index (χ2n) is 0.742. The summed E-state index contributed by atoms with van der Waals surface area (Å²) in [6.07, 6.45) is 0. The first kappa shape index (κ1) is 11.3. The third kappa shape index (κ3) is 7.47. The van der Waals surface area contributed by atoms with Gasteiger partial charge in [-0.2, -0.15) is 13.3 Å². The fourth-order valence-electron chi connectivity index (χ4n) is 0.0680. The summed E-state index contributed by atoms with van der Waals surface area (Å²) in [5.41, 5.74) is 4.50. The summed E-state index contributed by atoms with van der Waals surface area (Å²) in [4.78, 5) is 7.50. The van der Waals surface area contributed by atoms with Gasteiger partial charge in [-0.3, -0.25) is 8.37 Å². The van der Waals surface area contributed by atoms with E-state index >= 15 is 0 Å². The Morgan fingerprint density at radius 2 is 1.33 bits per heavy atom. The maximum Gasteiger partial charge on any atom is 0.399 e. The normalized spacial score (nSPS) is 9.56. The largest absolute Gasteiger partial charge is 0.399 e. The van der Waals surface area contributed by atoms with E-state index in [1.54, 1.807) is 0 Å². The first-order valence-electron chi connectivity index (χ1n) is 1.69. The van der Waals surface area contributed by atoms with Crippen LogP contribution in [0.4, 0.5) is 0 Å². The van der Waals surface area contributed by atoms with Crippen LogP contribution < -0.4 is 0 Å². The highest BCUT2D eigenvalue weighted by Crippen LogP contribution is 1.85. The van der Waals surface area contributed by atoms with Crippen LogP contribution in [0.3, 0.4) is 0 Å². The lowest BCUT2D eigenvalue weighted by Gasteiger charge is -1.91. The zero-order valence-electron chi connectivity index (χ0n) is 4.95. The van der Waals surface area contributed by atoms with Crippen molar-refractivity contribution in [2.75, 3.05) is 14.2 Å². The summed E-state index contributed by atoms with van der Waals surface area (Å²) in [6.45, 7) is 0. The highest BCUT2D eigenvalue weighted by atomic mass is 32.3. The van der Waals surface area contributed by atoms with Gasteiger partial charge in [-0.25, -0.2) is 0 Å². The van der Waals surface area contributed by atoms with E-state index in [9.17, 15) is 8.42 Å². The minimum atomic E-state index is -3.66. The molecule has 0 amide bonds. The Bertz CT molecular complexity index is 129. The molecule has 0 unspecified atom stereocenters. The highest BCUT2D eigenvalue weighted by Gasteiger charge is 2.01. The topological polar surface area (TPSA) is 93.5 Å². The van der Waals surface area contributed by atoms with Gasteiger partial charge in [-0.15, -0.1) is 0 Å². The minimum absolute atomic E-state index is 1.03. The van der Waals surface area contributed by atoms with E-state index in [0.29, 0.717) is 0 Å². The van der Waals surface area contributed by atoms with E-state index in [1.807, 2.05) is 0 Å². The smallest absolute Gasteiger partial charge is 0.252 e. The number of hydrogen-bond donors (Lipinski definition) is 1.